The zero-order valence-electron chi connectivity index (χ0n) is 18.1. The lowest BCUT2D eigenvalue weighted by Crippen LogP contribution is -2.10. The average Bonchev–Trinajstić information content (AvgIpc) is 3.18. The first-order valence-corrected chi connectivity index (χ1v) is 10.2. The molecular weight excluding hydrogens is 472 g/mol. The molecule has 0 aliphatic heterocycles. The van der Waals surface area contributed by atoms with E-state index in [9.17, 15) is 31.1 Å². The Morgan fingerprint density at radius 1 is 0.886 bits per heavy atom. The van der Waals surface area contributed by atoms with Crippen molar-refractivity contribution in [3.8, 4) is 11.1 Å². The van der Waals surface area contributed by atoms with Crippen molar-refractivity contribution in [3.63, 3.8) is 0 Å². The standard InChI is InChI=1S/C25H17F6N3O/c1-14(35)32-20-5-3-2-4-17(20)18-12-21-22(13-19(18)25(29,30)31)34-23(33-21)11-8-15-6-9-16(10-7-15)24(26,27)28/h2-13H,1H3,(H,32,35)(H,33,34). The minimum atomic E-state index is -4.69. The van der Waals surface area contributed by atoms with Gasteiger partial charge < -0.3 is 10.3 Å². The number of rotatable bonds is 4. The normalized spacial score (nSPS) is 12.4. The number of aromatic nitrogens is 2. The Hall–Kier alpha value is -4.08. The van der Waals surface area contributed by atoms with Gasteiger partial charge in [-0.25, -0.2) is 4.98 Å². The second-order valence-electron chi connectivity index (χ2n) is 7.71. The van der Waals surface area contributed by atoms with E-state index in [1.807, 2.05) is 0 Å². The highest BCUT2D eigenvalue weighted by Gasteiger charge is 2.35. The van der Waals surface area contributed by atoms with Crippen LogP contribution in [0.1, 0.15) is 29.4 Å². The van der Waals surface area contributed by atoms with Crippen molar-refractivity contribution >= 4 is 34.8 Å². The maximum Gasteiger partial charge on any atom is 0.417 e. The first-order chi connectivity index (χ1) is 16.4. The minimum absolute atomic E-state index is 0.130. The SMILES string of the molecule is CC(=O)Nc1ccccc1-c1cc2nc(C=Cc3ccc(C(F)(F)F)cc3)[nH]c2cc1C(F)(F)F. The number of fused-ring (bicyclic) bond motifs is 1. The number of H-pyrrole nitrogens is 1. The molecule has 1 heterocycles. The van der Waals surface area contributed by atoms with E-state index < -0.39 is 29.4 Å². The lowest BCUT2D eigenvalue weighted by molar-refractivity contribution is -0.138. The van der Waals surface area contributed by atoms with Crippen molar-refractivity contribution in [1.29, 1.82) is 0 Å². The van der Waals surface area contributed by atoms with Gasteiger partial charge in [0.25, 0.3) is 0 Å². The molecule has 10 heteroatoms. The molecule has 4 aromatic rings. The number of nitrogens with one attached hydrogen (secondary N) is 2. The minimum Gasteiger partial charge on any atom is -0.338 e. The number of imidazole rings is 1. The molecule has 0 aliphatic rings. The van der Waals surface area contributed by atoms with Crippen molar-refractivity contribution in [1.82, 2.24) is 9.97 Å². The van der Waals surface area contributed by atoms with Crippen LogP contribution < -0.4 is 5.32 Å². The van der Waals surface area contributed by atoms with Crippen LogP contribution in [0.15, 0.2) is 60.7 Å². The van der Waals surface area contributed by atoms with Gasteiger partial charge in [-0.2, -0.15) is 26.3 Å². The van der Waals surface area contributed by atoms with Crippen molar-refractivity contribution in [2.45, 2.75) is 19.3 Å². The van der Waals surface area contributed by atoms with E-state index in [0.29, 0.717) is 5.56 Å². The molecule has 0 bridgehead atoms. The van der Waals surface area contributed by atoms with Crippen LogP contribution in [0.4, 0.5) is 32.0 Å². The summed E-state index contributed by atoms with van der Waals surface area (Å²) in [6.45, 7) is 1.26. The molecule has 180 valence electrons. The van der Waals surface area contributed by atoms with Crippen LogP contribution in [0.2, 0.25) is 0 Å². The first kappa shape index (κ1) is 24.1. The number of carbonyl (C=O) groups excluding carboxylic acids is 1. The Morgan fingerprint density at radius 3 is 2.20 bits per heavy atom. The van der Waals surface area contributed by atoms with Crippen molar-refractivity contribution in [3.05, 3.63) is 83.2 Å². The predicted molar refractivity (Wildman–Crippen MR) is 121 cm³/mol. The van der Waals surface area contributed by atoms with Gasteiger partial charge in [-0.3, -0.25) is 4.79 Å². The summed E-state index contributed by atoms with van der Waals surface area (Å²) < 4.78 is 79.9. The van der Waals surface area contributed by atoms with Crippen LogP contribution in [0.5, 0.6) is 0 Å². The summed E-state index contributed by atoms with van der Waals surface area (Å²) in [6.07, 6.45) is -6.18. The highest BCUT2D eigenvalue weighted by Crippen LogP contribution is 2.41. The van der Waals surface area contributed by atoms with Crippen LogP contribution in [0.3, 0.4) is 0 Å². The molecule has 0 fully saturated rings. The van der Waals surface area contributed by atoms with Gasteiger partial charge in [0, 0.05) is 18.2 Å². The number of anilines is 1. The second kappa shape index (κ2) is 8.94. The highest BCUT2D eigenvalue weighted by molar-refractivity contribution is 5.96. The third kappa shape index (κ3) is 5.37. The van der Waals surface area contributed by atoms with Crippen LogP contribution in [-0.4, -0.2) is 15.9 Å². The molecular formula is C25H17F6N3O. The summed E-state index contributed by atoms with van der Waals surface area (Å²) in [5, 5.41) is 2.54. The van der Waals surface area contributed by atoms with Gasteiger partial charge in [0.2, 0.25) is 5.91 Å². The largest absolute Gasteiger partial charge is 0.417 e. The number of carbonyl (C=O) groups is 1. The van der Waals surface area contributed by atoms with Gasteiger partial charge in [0.05, 0.1) is 22.2 Å². The highest BCUT2D eigenvalue weighted by atomic mass is 19.4. The van der Waals surface area contributed by atoms with Crippen LogP contribution in [0, 0.1) is 0 Å². The number of alkyl halides is 6. The molecule has 4 rings (SSSR count). The van der Waals surface area contributed by atoms with Crippen LogP contribution in [0.25, 0.3) is 34.3 Å². The second-order valence-corrected chi connectivity index (χ2v) is 7.71. The van der Waals surface area contributed by atoms with Gasteiger partial charge in [0.15, 0.2) is 0 Å². The van der Waals surface area contributed by atoms with Crippen molar-refractivity contribution < 1.29 is 31.1 Å². The third-order valence-corrected chi connectivity index (χ3v) is 5.14. The molecule has 0 saturated carbocycles. The maximum atomic E-state index is 13.9. The topological polar surface area (TPSA) is 57.8 Å². The number of halogens is 6. The Bertz CT molecular complexity index is 1420. The van der Waals surface area contributed by atoms with Crippen molar-refractivity contribution in [2.75, 3.05) is 5.32 Å². The molecule has 3 aromatic carbocycles. The lowest BCUT2D eigenvalue weighted by atomic mass is 9.97. The Kier molecular flexibility index (Phi) is 6.14. The molecule has 1 amide bonds. The fourth-order valence-corrected chi connectivity index (χ4v) is 3.59. The molecule has 4 nitrogen and oxygen atoms in total. The number of aromatic amines is 1. The van der Waals surface area contributed by atoms with Gasteiger partial charge in [0.1, 0.15) is 5.82 Å². The van der Waals surface area contributed by atoms with Gasteiger partial charge >= 0.3 is 12.4 Å². The summed E-state index contributed by atoms with van der Waals surface area (Å²) in [6, 6.07) is 12.8. The molecule has 2 N–H and O–H groups in total. The quantitative estimate of drug-likeness (QED) is 0.294. The summed E-state index contributed by atoms with van der Waals surface area (Å²) in [4.78, 5) is 18.6. The Morgan fingerprint density at radius 2 is 1.57 bits per heavy atom. The molecule has 0 saturated heterocycles. The van der Waals surface area contributed by atoms with E-state index >= 15 is 0 Å². The van der Waals surface area contributed by atoms with Gasteiger partial charge in [-0.15, -0.1) is 0 Å². The zero-order valence-corrected chi connectivity index (χ0v) is 18.1. The summed E-state index contributed by atoms with van der Waals surface area (Å²) in [5.41, 5.74) is -0.610. The fourth-order valence-electron chi connectivity index (χ4n) is 3.59. The molecule has 0 radical (unpaired) electrons. The maximum absolute atomic E-state index is 13.9. The Labute approximate surface area is 195 Å². The van der Waals surface area contributed by atoms with E-state index in [1.165, 1.54) is 49.4 Å². The fraction of sp³-hybridized carbons (Fsp3) is 0.120. The summed E-state index contributed by atoms with van der Waals surface area (Å²) in [7, 11) is 0. The number of hydrogen-bond donors (Lipinski definition) is 2. The molecule has 0 aliphatic carbocycles. The molecule has 0 spiro atoms. The number of amides is 1. The summed E-state index contributed by atoms with van der Waals surface area (Å²) in [5.74, 6) is -0.206. The van der Waals surface area contributed by atoms with Crippen LogP contribution in [-0.2, 0) is 17.1 Å². The smallest absolute Gasteiger partial charge is 0.338 e. The van der Waals surface area contributed by atoms with Gasteiger partial charge in [-0.05, 0) is 47.5 Å². The summed E-state index contributed by atoms with van der Waals surface area (Å²) >= 11 is 0. The van der Waals surface area contributed by atoms with E-state index in [4.69, 9.17) is 0 Å². The van der Waals surface area contributed by atoms with Crippen molar-refractivity contribution in [2.24, 2.45) is 0 Å². The predicted octanol–water partition coefficient (Wildman–Crippen LogP) is 7.40. The van der Waals surface area contributed by atoms with E-state index in [2.05, 4.69) is 15.3 Å². The number of nitrogens with zero attached hydrogens (tertiary/aromatic N) is 1. The average molecular weight is 489 g/mol. The number of hydrogen-bond acceptors (Lipinski definition) is 2. The molecule has 35 heavy (non-hydrogen) atoms. The first-order valence-electron chi connectivity index (χ1n) is 10.2. The van der Waals surface area contributed by atoms with Crippen LogP contribution >= 0.6 is 0 Å². The molecule has 1 aromatic heterocycles. The molecule has 0 unspecified atom stereocenters. The van der Waals surface area contributed by atoms with Gasteiger partial charge in [-0.1, -0.05) is 36.4 Å². The number of para-hydroxylation sites is 1. The number of benzene rings is 3. The lowest BCUT2D eigenvalue weighted by Gasteiger charge is -2.16. The monoisotopic (exact) mass is 489 g/mol. The van der Waals surface area contributed by atoms with E-state index in [0.717, 1.165) is 18.2 Å². The Balaban J connectivity index is 1.75. The third-order valence-electron chi connectivity index (χ3n) is 5.14. The van der Waals surface area contributed by atoms with E-state index in [1.54, 1.807) is 12.1 Å². The van der Waals surface area contributed by atoms with E-state index in [-0.39, 0.29) is 33.7 Å². The zero-order chi connectivity index (χ0) is 25.4. The molecule has 0 atom stereocenters.